The maximum absolute atomic E-state index is 13.6. The summed E-state index contributed by atoms with van der Waals surface area (Å²) in [4.78, 5) is 4.09. The molecule has 0 unspecified atom stereocenters. The summed E-state index contributed by atoms with van der Waals surface area (Å²) in [7, 11) is 0. The van der Waals surface area contributed by atoms with Crippen LogP contribution < -0.4 is 4.74 Å². The van der Waals surface area contributed by atoms with Crippen LogP contribution in [0.2, 0.25) is 0 Å². The van der Waals surface area contributed by atoms with Gasteiger partial charge >= 0.3 is 0 Å². The van der Waals surface area contributed by atoms with Crippen molar-refractivity contribution in [2.24, 2.45) is 0 Å². The van der Waals surface area contributed by atoms with Crippen molar-refractivity contribution in [3.8, 4) is 11.6 Å². The van der Waals surface area contributed by atoms with E-state index in [0.717, 1.165) is 17.5 Å². The van der Waals surface area contributed by atoms with E-state index in [1.807, 2.05) is 12.1 Å². The first-order valence-corrected chi connectivity index (χ1v) is 6.29. The predicted molar refractivity (Wildman–Crippen MR) is 74.1 cm³/mol. The van der Waals surface area contributed by atoms with E-state index in [-0.39, 0.29) is 18.2 Å². The van der Waals surface area contributed by atoms with Gasteiger partial charge in [-0.25, -0.2) is 13.8 Å². The topological polar surface area (TPSA) is 42.4 Å². The molecule has 1 aromatic heterocycles. The number of aliphatic hydroxyl groups excluding tert-OH is 1. The molecule has 0 aliphatic rings. The van der Waals surface area contributed by atoms with Gasteiger partial charge in [0.15, 0.2) is 11.6 Å². The van der Waals surface area contributed by atoms with Crippen LogP contribution in [0.25, 0.3) is 10.8 Å². The van der Waals surface area contributed by atoms with Crippen LogP contribution in [0.5, 0.6) is 11.6 Å². The lowest BCUT2D eigenvalue weighted by atomic mass is 10.1. The Balaban J connectivity index is 2.09. The molecule has 3 rings (SSSR count). The lowest BCUT2D eigenvalue weighted by Gasteiger charge is -2.10. The lowest BCUT2D eigenvalue weighted by Crippen LogP contribution is -1.95. The molecule has 3 aromatic rings. The van der Waals surface area contributed by atoms with Crippen LogP contribution in [0, 0.1) is 11.6 Å². The SMILES string of the molecule is OCc1cnc(Oc2ccc(F)cc2F)c2ccccc12. The number of hydrogen-bond donors (Lipinski definition) is 1. The highest BCUT2D eigenvalue weighted by molar-refractivity contribution is 5.89. The van der Waals surface area contributed by atoms with Gasteiger partial charge in [-0.3, -0.25) is 0 Å². The minimum absolute atomic E-state index is 0.106. The molecule has 2 aromatic carbocycles. The molecule has 0 aliphatic heterocycles. The smallest absolute Gasteiger partial charge is 0.227 e. The predicted octanol–water partition coefficient (Wildman–Crippen LogP) is 3.80. The number of benzene rings is 2. The summed E-state index contributed by atoms with van der Waals surface area (Å²) < 4.78 is 32.0. The van der Waals surface area contributed by atoms with Gasteiger partial charge in [-0.2, -0.15) is 0 Å². The molecule has 0 saturated carbocycles. The van der Waals surface area contributed by atoms with Gasteiger partial charge in [0, 0.05) is 23.2 Å². The van der Waals surface area contributed by atoms with E-state index in [4.69, 9.17) is 4.74 Å². The molecule has 0 radical (unpaired) electrons. The fraction of sp³-hybridized carbons (Fsp3) is 0.0625. The fourth-order valence-electron chi connectivity index (χ4n) is 2.09. The Hall–Kier alpha value is -2.53. The molecular weight excluding hydrogens is 276 g/mol. The molecule has 3 nitrogen and oxygen atoms in total. The number of pyridine rings is 1. The Morgan fingerprint density at radius 2 is 1.81 bits per heavy atom. The maximum atomic E-state index is 13.6. The van der Waals surface area contributed by atoms with Gasteiger partial charge in [0.2, 0.25) is 5.88 Å². The van der Waals surface area contributed by atoms with Crippen molar-refractivity contribution in [3.63, 3.8) is 0 Å². The summed E-state index contributed by atoms with van der Waals surface area (Å²) in [6, 6.07) is 10.3. The van der Waals surface area contributed by atoms with E-state index in [1.165, 1.54) is 12.3 Å². The van der Waals surface area contributed by atoms with Crippen molar-refractivity contribution in [1.82, 2.24) is 4.98 Å². The second-order valence-electron chi connectivity index (χ2n) is 4.47. The minimum atomic E-state index is -0.799. The molecule has 0 bridgehead atoms. The zero-order valence-electron chi connectivity index (χ0n) is 10.9. The number of halogens is 2. The highest BCUT2D eigenvalue weighted by atomic mass is 19.1. The van der Waals surface area contributed by atoms with Crippen molar-refractivity contribution in [1.29, 1.82) is 0 Å². The van der Waals surface area contributed by atoms with Gasteiger partial charge in [-0.15, -0.1) is 0 Å². The molecule has 1 N–H and O–H groups in total. The van der Waals surface area contributed by atoms with E-state index in [1.54, 1.807) is 12.1 Å². The van der Waals surface area contributed by atoms with Crippen LogP contribution in [0.4, 0.5) is 8.78 Å². The van der Waals surface area contributed by atoms with Crippen LogP contribution in [0.1, 0.15) is 5.56 Å². The largest absolute Gasteiger partial charge is 0.435 e. The molecule has 0 fully saturated rings. The number of ether oxygens (including phenoxy) is 1. The number of hydrogen-bond acceptors (Lipinski definition) is 3. The van der Waals surface area contributed by atoms with Crippen molar-refractivity contribution in [2.45, 2.75) is 6.61 Å². The normalized spacial score (nSPS) is 10.8. The fourth-order valence-corrected chi connectivity index (χ4v) is 2.09. The highest BCUT2D eigenvalue weighted by Crippen LogP contribution is 2.31. The number of nitrogens with zero attached hydrogens (tertiary/aromatic N) is 1. The van der Waals surface area contributed by atoms with E-state index in [9.17, 15) is 13.9 Å². The minimum Gasteiger partial charge on any atom is -0.435 e. The van der Waals surface area contributed by atoms with Crippen molar-refractivity contribution in [2.75, 3.05) is 0 Å². The third kappa shape index (κ3) is 2.55. The summed E-state index contributed by atoms with van der Waals surface area (Å²) >= 11 is 0. The second kappa shape index (κ2) is 5.46. The highest BCUT2D eigenvalue weighted by Gasteiger charge is 2.11. The van der Waals surface area contributed by atoms with E-state index < -0.39 is 11.6 Å². The van der Waals surface area contributed by atoms with Crippen LogP contribution in [-0.2, 0) is 6.61 Å². The summed E-state index contributed by atoms with van der Waals surface area (Å²) in [6.45, 7) is -0.154. The van der Waals surface area contributed by atoms with E-state index >= 15 is 0 Å². The molecule has 0 saturated heterocycles. The number of rotatable bonds is 3. The summed E-state index contributed by atoms with van der Waals surface area (Å²) in [5, 5.41) is 10.7. The molecule has 21 heavy (non-hydrogen) atoms. The summed E-state index contributed by atoms with van der Waals surface area (Å²) in [6.07, 6.45) is 1.47. The van der Waals surface area contributed by atoms with Gasteiger partial charge in [0.1, 0.15) is 5.82 Å². The van der Waals surface area contributed by atoms with Crippen LogP contribution in [0.15, 0.2) is 48.7 Å². The molecule has 1 heterocycles. The third-order valence-corrected chi connectivity index (χ3v) is 3.11. The third-order valence-electron chi connectivity index (χ3n) is 3.11. The van der Waals surface area contributed by atoms with Crippen LogP contribution in [0.3, 0.4) is 0 Å². The first kappa shape index (κ1) is 13.5. The van der Waals surface area contributed by atoms with Gasteiger partial charge in [-0.05, 0) is 23.6 Å². The average molecular weight is 287 g/mol. The zero-order valence-corrected chi connectivity index (χ0v) is 10.9. The van der Waals surface area contributed by atoms with Gasteiger partial charge in [0.05, 0.1) is 6.61 Å². The van der Waals surface area contributed by atoms with Crippen molar-refractivity contribution in [3.05, 3.63) is 65.9 Å². The Morgan fingerprint density at radius 3 is 2.52 bits per heavy atom. The summed E-state index contributed by atoms with van der Waals surface area (Å²) in [5.41, 5.74) is 0.650. The van der Waals surface area contributed by atoms with Gasteiger partial charge < -0.3 is 9.84 Å². The Morgan fingerprint density at radius 1 is 1.05 bits per heavy atom. The van der Waals surface area contributed by atoms with E-state index in [2.05, 4.69) is 4.98 Å². The zero-order chi connectivity index (χ0) is 14.8. The maximum Gasteiger partial charge on any atom is 0.227 e. The first-order valence-electron chi connectivity index (χ1n) is 6.29. The summed E-state index contributed by atoms with van der Waals surface area (Å²) in [5.74, 6) is -1.38. The number of aliphatic hydroxyl groups is 1. The average Bonchev–Trinajstić information content (AvgIpc) is 2.50. The molecule has 0 aliphatic carbocycles. The van der Waals surface area contributed by atoms with Crippen LogP contribution >= 0.6 is 0 Å². The quantitative estimate of drug-likeness (QED) is 0.796. The Bertz CT molecular complexity index is 805. The standard InChI is InChI=1S/C16H11F2NO2/c17-11-5-6-15(14(18)7-11)21-16-13-4-2-1-3-12(13)10(9-20)8-19-16/h1-8,20H,9H2. The Labute approximate surface area is 119 Å². The Kier molecular flexibility index (Phi) is 3.50. The molecule has 0 spiro atoms. The number of aromatic nitrogens is 1. The molecular formula is C16H11F2NO2. The second-order valence-corrected chi connectivity index (χ2v) is 4.47. The lowest BCUT2D eigenvalue weighted by molar-refractivity contribution is 0.282. The molecule has 5 heteroatoms. The van der Waals surface area contributed by atoms with E-state index in [0.29, 0.717) is 10.9 Å². The molecule has 0 amide bonds. The monoisotopic (exact) mass is 287 g/mol. The van der Waals surface area contributed by atoms with Gasteiger partial charge in [-0.1, -0.05) is 18.2 Å². The molecule has 106 valence electrons. The van der Waals surface area contributed by atoms with Gasteiger partial charge in [0.25, 0.3) is 0 Å². The van der Waals surface area contributed by atoms with Crippen LogP contribution in [-0.4, -0.2) is 10.1 Å². The first-order chi connectivity index (χ1) is 10.2. The number of fused-ring (bicyclic) bond motifs is 1. The molecule has 0 atom stereocenters. The van der Waals surface area contributed by atoms with Crippen molar-refractivity contribution >= 4 is 10.8 Å². The van der Waals surface area contributed by atoms with Crippen molar-refractivity contribution < 1.29 is 18.6 Å².